The number of fused-ring (bicyclic) bond motifs is 2. The number of aryl methyl sites for hydroxylation is 1. The number of aliphatic hydroxyl groups excluding tert-OH is 1. The Morgan fingerprint density at radius 1 is 1.04 bits per heavy atom. The van der Waals surface area contributed by atoms with Gasteiger partial charge in [-0.25, -0.2) is 18.2 Å². The van der Waals surface area contributed by atoms with E-state index in [0.717, 1.165) is 21.7 Å². The third kappa shape index (κ3) is 9.68. The molecule has 4 fully saturated rings. The van der Waals surface area contributed by atoms with Crippen LogP contribution in [-0.2, 0) is 38.6 Å². The summed E-state index contributed by atoms with van der Waals surface area (Å²) in [6.07, 6.45) is 3.26. The molecule has 3 aromatic heterocycles. The van der Waals surface area contributed by atoms with E-state index in [2.05, 4.69) is 36.2 Å². The van der Waals surface area contributed by atoms with Crippen molar-refractivity contribution in [2.24, 2.45) is 22.7 Å². The van der Waals surface area contributed by atoms with E-state index in [4.69, 9.17) is 4.74 Å². The number of H-pyrrole nitrogens is 1. The van der Waals surface area contributed by atoms with Crippen molar-refractivity contribution < 1.29 is 47.0 Å². The zero-order chi connectivity index (χ0) is 52.5. The summed E-state index contributed by atoms with van der Waals surface area (Å²) in [5.41, 5.74) is 2.76. The lowest BCUT2D eigenvalue weighted by Crippen LogP contribution is -2.59. The van der Waals surface area contributed by atoms with Gasteiger partial charge in [0.25, 0.3) is 17.7 Å². The highest BCUT2D eigenvalue weighted by Crippen LogP contribution is 2.70. The van der Waals surface area contributed by atoms with Crippen molar-refractivity contribution in [1.29, 1.82) is 0 Å². The normalized spacial score (nSPS) is 23.2. The first-order valence-corrected chi connectivity index (χ1v) is 26.1. The number of benzene rings is 2. The molecule has 10 rings (SSSR count). The minimum atomic E-state index is -2.78. The van der Waals surface area contributed by atoms with Crippen molar-refractivity contribution in [3.63, 3.8) is 0 Å². The Hall–Kier alpha value is -6.61. The van der Waals surface area contributed by atoms with Crippen molar-refractivity contribution >= 4 is 46.6 Å². The van der Waals surface area contributed by atoms with Gasteiger partial charge in [0, 0.05) is 85.7 Å². The molecule has 2 saturated heterocycles. The van der Waals surface area contributed by atoms with Gasteiger partial charge < -0.3 is 35.6 Å². The third-order valence-corrected chi connectivity index (χ3v) is 16.6. The number of thiazole rings is 1. The second-order valence-corrected chi connectivity index (χ2v) is 22.8. The number of nitrogens with zero attached hydrogens (tertiary/aromatic N) is 6. The molecule has 0 radical (unpaired) electrons. The van der Waals surface area contributed by atoms with Crippen LogP contribution in [0, 0.1) is 29.6 Å². The number of nitrogens with one attached hydrogen (secondary N) is 4. The highest BCUT2D eigenvalue weighted by Gasteiger charge is 2.78. The maximum Gasteiger partial charge on any atom is 0.276 e. The molecule has 392 valence electrons. The van der Waals surface area contributed by atoms with Gasteiger partial charge in [0.1, 0.15) is 17.8 Å². The Morgan fingerprint density at radius 2 is 1.80 bits per heavy atom. The maximum absolute atomic E-state index is 14.7. The Balaban J connectivity index is 0.751. The van der Waals surface area contributed by atoms with Crippen LogP contribution in [-0.4, -0.2) is 125 Å². The number of β-amino-alcohol motifs (C(OH)–C–C–N with tert-alkyl or cyclic N) is 1. The monoisotopic (exact) mass is 1040 g/mol. The van der Waals surface area contributed by atoms with Crippen molar-refractivity contribution in [2.45, 2.75) is 122 Å². The van der Waals surface area contributed by atoms with Crippen LogP contribution in [0.2, 0.25) is 0 Å². The van der Waals surface area contributed by atoms with E-state index in [1.807, 2.05) is 55.5 Å². The Morgan fingerprint density at radius 3 is 2.50 bits per heavy atom. The van der Waals surface area contributed by atoms with Gasteiger partial charge in [-0.2, -0.15) is 10.2 Å². The summed E-state index contributed by atoms with van der Waals surface area (Å²) in [5, 5.41) is 30.7. The molecule has 0 bridgehead atoms. The van der Waals surface area contributed by atoms with Crippen LogP contribution in [0.1, 0.15) is 104 Å². The molecular formula is C53H61F3N10O7S. The molecule has 3 aliphatic carbocycles. The van der Waals surface area contributed by atoms with Gasteiger partial charge in [-0.3, -0.25) is 33.8 Å². The number of anilines is 1. The number of carbonyl (C=O) groups is 5. The summed E-state index contributed by atoms with van der Waals surface area (Å²) in [6.45, 7) is 9.73. The standard InChI is InChI=1S/C53H61F3N10O7S/c1-29-44(74-28-58-29)31-13-14-32(22-57-46(69)38-19-35(67)27-65(38)48(71)45(50(2,3)4)61-49(72)52(54)15-16-52)39(18-31)73-17-9-12-41(68)64-24-33(25-64)43(30-10-7-6-8-11-30)66-26-34(23-59-66)60-47(70)42-36-20-40-51(5,53(40,55)56)21-37(36)62-63-42/h6-8,10-11,13-14,18,23,26,28,33,35,38,40,43,45,67H,9,12,15-17,19-22,24-25,27H2,1-5H3,(H,57,69)(H,60,70)(H,61,72)(H,62,63)/t35-,38+,40+,43-,45-,51-/m1/s1. The van der Waals surface area contributed by atoms with E-state index in [1.165, 1.54) is 22.4 Å². The van der Waals surface area contributed by atoms with Crippen molar-refractivity contribution in [2.75, 3.05) is 31.6 Å². The average molecular weight is 1040 g/mol. The molecular weight excluding hydrogens is 978 g/mol. The lowest BCUT2D eigenvalue weighted by molar-refractivity contribution is -0.145. The topological polar surface area (TPSA) is 217 Å². The van der Waals surface area contributed by atoms with E-state index >= 15 is 0 Å². The number of ether oxygens (including phenoxy) is 1. The predicted molar refractivity (Wildman–Crippen MR) is 267 cm³/mol. The zero-order valence-corrected chi connectivity index (χ0v) is 42.7. The van der Waals surface area contributed by atoms with Crippen LogP contribution in [0.25, 0.3) is 10.4 Å². The minimum Gasteiger partial charge on any atom is -0.493 e. The molecule has 0 spiro atoms. The average Bonchev–Trinajstić information content (AvgIpc) is 3.72. The highest BCUT2D eigenvalue weighted by molar-refractivity contribution is 7.13. The quantitative estimate of drug-likeness (QED) is 0.0667. The van der Waals surface area contributed by atoms with Crippen LogP contribution < -0.4 is 20.7 Å². The van der Waals surface area contributed by atoms with Gasteiger partial charge in [0.2, 0.25) is 17.7 Å². The number of carbonyl (C=O) groups excluding carboxylic acids is 5. The number of rotatable bonds is 17. The molecule has 0 unspecified atom stereocenters. The maximum atomic E-state index is 14.7. The van der Waals surface area contributed by atoms with Crippen molar-refractivity contribution in [1.82, 2.24) is 45.4 Å². The summed E-state index contributed by atoms with van der Waals surface area (Å²) in [6, 6.07) is 13.0. The zero-order valence-electron chi connectivity index (χ0n) is 41.9. The second kappa shape index (κ2) is 19.3. The first-order chi connectivity index (χ1) is 35.1. The van der Waals surface area contributed by atoms with Gasteiger partial charge in [-0.15, -0.1) is 11.3 Å². The molecule has 6 atom stereocenters. The first kappa shape index (κ1) is 50.9. The van der Waals surface area contributed by atoms with Crippen molar-refractivity contribution in [3.05, 3.63) is 100 Å². The lowest BCUT2D eigenvalue weighted by Gasteiger charge is -2.43. The summed E-state index contributed by atoms with van der Waals surface area (Å²) in [4.78, 5) is 76.1. The van der Waals surface area contributed by atoms with E-state index in [1.54, 1.807) is 49.0 Å². The molecule has 5 aliphatic rings. The van der Waals surface area contributed by atoms with Crippen LogP contribution in [0.3, 0.4) is 0 Å². The largest absolute Gasteiger partial charge is 0.493 e. The molecule has 5 aromatic rings. The fourth-order valence-electron chi connectivity index (χ4n) is 10.9. The van der Waals surface area contributed by atoms with Gasteiger partial charge >= 0.3 is 0 Å². The minimum absolute atomic E-state index is 0.000609. The molecule has 74 heavy (non-hydrogen) atoms. The number of aromatic amines is 1. The summed E-state index contributed by atoms with van der Waals surface area (Å²) in [5.74, 6) is -5.60. The number of amides is 5. The Kier molecular flexibility index (Phi) is 13.3. The SMILES string of the molecule is Cc1ncsc1-c1ccc(CNC(=O)[C@@H]2C[C@@H](O)CN2C(=O)[C@@H](NC(=O)C2(F)CC2)C(C)(C)C)c(OCCCC(=O)N2CC([C@@H](c3ccccc3)n3cc(NC(=O)c4n[nH]c5c4C[C@@H]4C(F)(F)[C@]4(C)C5)cn3)C2)c1. The highest BCUT2D eigenvalue weighted by atomic mass is 32.1. The number of hydrogen-bond acceptors (Lipinski definition) is 11. The molecule has 5 amide bonds. The number of hydrogen-bond donors (Lipinski definition) is 5. The number of likely N-dealkylation sites (tertiary alicyclic amines) is 2. The Labute approximate surface area is 430 Å². The van der Waals surface area contributed by atoms with Crippen LogP contribution in [0.15, 0.2) is 66.4 Å². The fourth-order valence-corrected chi connectivity index (χ4v) is 11.7. The number of alkyl halides is 3. The molecule has 2 saturated carbocycles. The van der Waals surface area contributed by atoms with Crippen molar-refractivity contribution in [3.8, 4) is 16.2 Å². The number of aliphatic hydroxyl groups is 1. The van der Waals surface area contributed by atoms with E-state index in [-0.39, 0.29) is 81.8 Å². The lowest BCUT2D eigenvalue weighted by atomic mass is 9.85. The second-order valence-electron chi connectivity index (χ2n) is 22.0. The molecule has 2 aromatic carbocycles. The van der Waals surface area contributed by atoms with Crippen LogP contribution in [0.5, 0.6) is 5.75 Å². The third-order valence-electron chi connectivity index (χ3n) is 15.7. The van der Waals surface area contributed by atoms with Gasteiger partial charge in [-0.05, 0) is 55.2 Å². The molecule has 21 heteroatoms. The number of aromatic nitrogens is 5. The van der Waals surface area contributed by atoms with Crippen LogP contribution in [0.4, 0.5) is 18.9 Å². The summed E-state index contributed by atoms with van der Waals surface area (Å²) >= 11 is 1.48. The summed E-state index contributed by atoms with van der Waals surface area (Å²) < 4.78 is 52.0. The van der Waals surface area contributed by atoms with Gasteiger partial charge in [0.15, 0.2) is 11.4 Å². The van der Waals surface area contributed by atoms with Gasteiger partial charge in [0.05, 0.1) is 46.7 Å². The fraction of sp³-hybridized carbons (Fsp3) is 0.509. The van der Waals surface area contributed by atoms with Crippen LogP contribution >= 0.6 is 11.3 Å². The smallest absolute Gasteiger partial charge is 0.276 e. The van der Waals surface area contributed by atoms with E-state index in [0.29, 0.717) is 47.8 Å². The van der Waals surface area contributed by atoms with Gasteiger partial charge in [-0.1, -0.05) is 70.2 Å². The number of halogens is 3. The molecule has 2 aliphatic heterocycles. The molecule has 5 N–H and O–H groups in total. The first-order valence-electron chi connectivity index (χ1n) is 25.2. The predicted octanol–water partition coefficient (Wildman–Crippen LogP) is 6.18. The Bertz CT molecular complexity index is 2980. The molecule has 5 heterocycles. The summed E-state index contributed by atoms with van der Waals surface area (Å²) in [7, 11) is 0. The van der Waals surface area contributed by atoms with E-state index in [9.17, 15) is 42.3 Å². The molecule has 17 nitrogen and oxygen atoms in total. The van der Waals surface area contributed by atoms with E-state index < -0.39 is 70.2 Å².